The molecule has 8 heteroatoms. The summed E-state index contributed by atoms with van der Waals surface area (Å²) >= 11 is 6.00. The Morgan fingerprint density at radius 3 is 2.15 bits per heavy atom. The first-order valence-electron chi connectivity index (χ1n) is 7.98. The van der Waals surface area contributed by atoms with Crippen LogP contribution in [0.1, 0.15) is 11.1 Å². The van der Waals surface area contributed by atoms with Gasteiger partial charge in [-0.1, -0.05) is 11.6 Å². The van der Waals surface area contributed by atoms with Gasteiger partial charge in [0.05, 0.1) is 21.3 Å². The van der Waals surface area contributed by atoms with E-state index in [0.717, 1.165) is 11.1 Å². The summed E-state index contributed by atoms with van der Waals surface area (Å²) in [6.45, 7) is 0.605. The maximum Gasteiger partial charge on any atom is 0.247 e. The molecule has 1 heterocycles. The standard InChI is InChI=1S/C18H20ClNO5S/c1-23-15-5-4-14(19)10-18(15)26(21,22)20-7-6-12-8-16(24-2)17(25-3)9-13(12)11-20/h4-5,8-10H,6-7,11H2,1-3H3. The van der Waals surface area contributed by atoms with Crippen LogP contribution in [0.2, 0.25) is 5.02 Å². The third-order valence-corrected chi connectivity index (χ3v) is 6.53. The van der Waals surface area contributed by atoms with Gasteiger partial charge in [0.1, 0.15) is 10.6 Å². The third kappa shape index (κ3) is 3.34. The van der Waals surface area contributed by atoms with Gasteiger partial charge in [0.25, 0.3) is 0 Å². The molecular weight excluding hydrogens is 378 g/mol. The lowest BCUT2D eigenvalue weighted by molar-refractivity contribution is 0.348. The van der Waals surface area contributed by atoms with Crippen LogP contribution in [0.25, 0.3) is 0 Å². The molecule has 0 amide bonds. The molecule has 0 aliphatic carbocycles. The third-order valence-electron chi connectivity index (χ3n) is 4.43. The predicted octanol–water partition coefficient (Wildman–Crippen LogP) is 3.11. The average molecular weight is 398 g/mol. The first kappa shape index (κ1) is 18.8. The first-order valence-corrected chi connectivity index (χ1v) is 9.80. The van der Waals surface area contributed by atoms with E-state index in [4.69, 9.17) is 25.8 Å². The van der Waals surface area contributed by atoms with Crippen LogP contribution in [-0.2, 0) is 23.0 Å². The molecule has 0 radical (unpaired) electrons. The molecule has 2 aromatic carbocycles. The second kappa shape index (κ2) is 7.34. The zero-order chi connectivity index (χ0) is 18.9. The highest BCUT2D eigenvalue weighted by Crippen LogP contribution is 2.36. The van der Waals surface area contributed by atoms with Gasteiger partial charge in [-0.2, -0.15) is 4.31 Å². The molecule has 3 rings (SSSR count). The van der Waals surface area contributed by atoms with Gasteiger partial charge >= 0.3 is 0 Å². The van der Waals surface area contributed by atoms with Gasteiger partial charge in [-0.25, -0.2) is 8.42 Å². The fourth-order valence-corrected chi connectivity index (χ4v) is 4.89. The lowest BCUT2D eigenvalue weighted by atomic mass is 10.0. The van der Waals surface area contributed by atoms with Crippen molar-refractivity contribution in [2.75, 3.05) is 27.9 Å². The highest BCUT2D eigenvalue weighted by atomic mass is 35.5. The van der Waals surface area contributed by atoms with E-state index in [1.54, 1.807) is 26.4 Å². The van der Waals surface area contributed by atoms with Crippen LogP contribution in [0.3, 0.4) is 0 Å². The number of halogens is 1. The van der Waals surface area contributed by atoms with Crippen molar-refractivity contribution in [3.8, 4) is 17.2 Å². The Labute approximate surface area is 158 Å². The second-order valence-corrected chi connectivity index (χ2v) is 8.20. The normalized spacial score (nSPS) is 14.6. The second-order valence-electron chi connectivity index (χ2n) is 5.86. The van der Waals surface area contributed by atoms with Gasteiger partial charge in [0, 0.05) is 18.1 Å². The molecule has 0 atom stereocenters. The van der Waals surface area contributed by atoms with Gasteiger partial charge in [-0.15, -0.1) is 0 Å². The number of nitrogens with zero attached hydrogens (tertiary/aromatic N) is 1. The van der Waals surface area contributed by atoms with E-state index >= 15 is 0 Å². The van der Waals surface area contributed by atoms with Crippen molar-refractivity contribution in [2.45, 2.75) is 17.9 Å². The van der Waals surface area contributed by atoms with Crippen molar-refractivity contribution in [2.24, 2.45) is 0 Å². The SMILES string of the molecule is COc1cc2c(cc1OC)CN(S(=O)(=O)c1cc(Cl)ccc1OC)CC2. The molecule has 1 aliphatic heterocycles. The van der Waals surface area contributed by atoms with Crippen LogP contribution in [0.5, 0.6) is 17.2 Å². The Morgan fingerprint density at radius 2 is 1.54 bits per heavy atom. The average Bonchev–Trinajstić information content (AvgIpc) is 2.66. The monoisotopic (exact) mass is 397 g/mol. The molecular formula is C18H20ClNO5S. The maximum absolute atomic E-state index is 13.1. The molecule has 0 aromatic heterocycles. The largest absolute Gasteiger partial charge is 0.495 e. The predicted molar refractivity (Wildman–Crippen MR) is 98.8 cm³/mol. The molecule has 0 saturated heterocycles. The zero-order valence-corrected chi connectivity index (χ0v) is 16.4. The van der Waals surface area contributed by atoms with Crippen molar-refractivity contribution < 1.29 is 22.6 Å². The molecule has 26 heavy (non-hydrogen) atoms. The number of sulfonamides is 1. The van der Waals surface area contributed by atoms with Crippen molar-refractivity contribution in [3.05, 3.63) is 46.5 Å². The number of methoxy groups -OCH3 is 3. The van der Waals surface area contributed by atoms with E-state index in [9.17, 15) is 8.42 Å². The van der Waals surface area contributed by atoms with Gasteiger partial charge in [0.2, 0.25) is 10.0 Å². The summed E-state index contributed by atoms with van der Waals surface area (Å²) in [6.07, 6.45) is 0.581. The van der Waals surface area contributed by atoms with E-state index in [2.05, 4.69) is 0 Å². The molecule has 140 valence electrons. The molecule has 0 fully saturated rings. The minimum Gasteiger partial charge on any atom is -0.495 e. The van der Waals surface area contributed by atoms with Gasteiger partial charge < -0.3 is 14.2 Å². The molecule has 2 aromatic rings. The van der Waals surface area contributed by atoms with Gasteiger partial charge in [-0.3, -0.25) is 0 Å². The van der Waals surface area contributed by atoms with E-state index in [1.165, 1.54) is 17.5 Å². The highest BCUT2D eigenvalue weighted by Gasteiger charge is 2.31. The van der Waals surface area contributed by atoms with Crippen LogP contribution >= 0.6 is 11.6 Å². The minimum absolute atomic E-state index is 0.0661. The van der Waals surface area contributed by atoms with Crippen LogP contribution in [-0.4, -0.2) is 40.6 Å². The summed E-state index contributed by atoms with van der Waals surface area (Å²) in [5.41, 5.74) is 1.94. The fraction of sp³-hybridized carbons (Fsp3) is 0.333. The van der Waals surface area contributed by atoms with Crippen molar-refractivity contribution in [1.82, 2.24) is 4.31 Å². The molecule has 1 aliphatic rings. The number of hydrogen-bond donors (Lipinski definition) is 0. The number of rotatable bonds is 5. The Balaban J connectivity index is 1.99. The fourth-order valence-electron chi connectivity index (χ4n) is 3.05. The van der Waals surface area contributed by atoms with Crippen LogP contribution < -0.4 is 14.2 Å². The van der Waals surface area contributed by atoms with E-state index in [0.29, 0.717) is 29.5 Å². The topological polar surface area (TPSA) is 65.1 Å². The van der Waals surface area contributed by atoms with Gasteiger partial charge in [-0.05, 0) is 47.9 Å². The molecule has 0 spiro atoms. The Hall–Kier alpha value is -1.96. The quantitative estimate of drug-likeness (QED) is 0.775. The van der Waals surface area contributed by atoms with E-state index in [1.807, 2.05) is 12.1 Å². The van der Waals surface area contributed by atoms with Crippen LogP contribution in [0.4, 0.5) is 0 Å². The van der Waals surface area contributed by atoms with Crippen molar-refractivity contribution >= 4 is 21.6 Å². The lowest BCUT2D eigenvalue weighted by Crippen LogP contribution is -2.36. The minimum atomic E-state index is -3.75. The number of hydrogen-bond acceptors (Lipinski definition) is 5. The van der Waals surface area contributed by atoms with Crippen molar-refractivity contribution in [1.29, 1.82) is 0 Å². The Bertz CT molecular complexity index is 929. The van der Waals surface area contributed by atoms with E-state index in [-0.39, 0.29) is 17.2 Å². The summed E-state index contributed by atoms with van der Waals surface area (Å²) in [5, 5.41) is 0.341. The lowest BCUT2D eigenvalue weighted by Gasteiger charge is -2.29. The van der Waals surface area contributed by atoms with Gasteiger partial charge in [0.15, 0.2) is 11.5 Å². The highest BCUT2D eigenvalue weighted by molar-refractivity contribution is 7.89. The molecule has 0 unspecified atom stereocenters. The molecule has 0 bridgehead atoms. The molecule has 6 nitrogen and oxygen atoms in total. The number of fused-ring (bicyclic) bond motifs is 1. The maximum atomic E-state index is 13.1. The summed E-state index contributed by atoms with van der Waals surface area (Å²) in [4.78, 5) is 0.0661. The summed E-state index contributed by atoms with van der Waals surface area (Å²) < 4.78 is 43.6. The molecule has 0 N–H and O–H groups in total. The van der Waals surface area contributed by atoms with Crippen LogP contribution in [0, 0.1) is 0 Å². The number of ether oxygens (including phenoxy) is 3. The first-order chi connectivity index (χ1) is 12.4. The zero-order valence-electron chi connectivity index (χ0n) is 14.8. The summed E-state index contributed by atoms with van der Waals surface area (Å²) in [7, 11) is 0.815. The smallest absolute Gasteiger partial charge is 0.247 e. The van der Waals surface area contributed by atoms with E-state index < -0.39 is 10.0 Å². The Morgan fingerprint density at radius 1 is 0.923 bits per heavy atom. The summed E-state index contributed by atoms with van der Waals surface area (Å²) in [5.74, 6) is 1.48. The van der Waals surface area contributed by atoms with Crippen molar-refractivity contribution in [3.63, 3.8) is 0 Å². The Kier molecular flexibility index (Phi) is 5.32. The van der Waals surface area contributed by atoms with Crippen LogP contribution in [0.15, 0.2) is 35.2 Å². The molecule has 0 saturated carbocycles. The summed E-state index contributed by atoms with van der Waals surface area (Å²) in [6, 6.07) is 8.30. The number of benzene rings is 2.